The summed E-state index contributed by atoms with van der Waals surface area (Å²) in [6.45, 7) is 0.105. The number of aliphatic hydroxyl groups is 1. The third-order valence-electron chi connectivity index (χ3n) is 4.95. The van der Waals surface area contributed by atoms with Crippen LogP contribution in [0.1, 0.15) is 22.7 Å². The molecule has 0 radical (unpaired) electrons. The van der Waals surface area contributed by atoms with E-state index in [1.807, 2.05) is 0 Å². The Labute approximate surface area is 171 Å². The van der Waals surface area contributed by atoms with E-state index >= 15 is 0 Å². The van der Waals surface area contributed by atoms with E-state index in [4.69, 9.17) is 0 Å². The van der Waals surface area contributed by atoms with E-state index < -0.39 is 29.3 Å². The average Bonchev–Trinajstić information content (AvgIpc) is 2.99. The van der Waals surface area contributed by atoms with Crippen LogP contribution in [0.5, 0.6) is 5.75 Å². The summed E-state index contributed by atoms with van der Waals surface area (Å²) < 4.78 is 13.3. The fraction of sp³-hybridized carbons (Fsp3) is 0.0870. The lowest BCUT2D eigenvalue weighted by Gasteiger charge is -2.25. The molecule has 0 aliphatic carbocycles. The summed E-state index contributed by atoms with van der Waals surface area (Å²) in [5.74, 6) is -2.56. The predicted octanol–water partition coefficient (Wildman–Crippen LogP) is 3.55. The van der Waals surface area contributed by atoms with Crippen LogP contribution in [0.25, 0.3) is 5.76 Å². The summed E-state index contributed by atoms with van der Waals surface area (Å²) in [6, 6.07) is 13.7. The number of phenolic OH excluding ortho intramolecular Hbond substituents is 1. The molecule has 2 N–H and O–H groups in total. The first-order valence-electron chi connectivity index (χ1n) is 9.18. The van der Waals surface area contributed by atoms with Crippen LogP contribution in [-0.4, -0.2) is 31.8 Å². The van der Waals surface area contributed by atoms with Gasteiger partial charge in [-0.1, -0.05) is 12.1 Å². The van der Waals surface area contributed by atoms with E-state index in [0.29, 0.717) is 5.56 Å². The van der Waals surface area contributed by atoms with Crippen LogP contribution in [0.2, 0.25) is 0 Å². The van der Waals surface area contributed by atoms with Crippen LogP contribution >= 0.6 is 0 Å². The van der Waals surface area contributed by atoms with Crippen molar-refractivity contribution in [2.24, 2.45) is 0 Å². The van der Waals surface area contributed by atoms with Gasteiger partial charge in [-0.2, -0.15) is 0 Å². The van der Waals surface area contributed by atoms with Crippen molar-refractivity contribution in [1.82, 2.24) is 9.88 Å². The predicted molar refractivity (Wildman–Crippen MR) is 107 cm³/mol. The molecule has 0 bridgehead atoms. The second kappa shape index (κ2) is 7.79. The molecule has 1 fully saturated rings. The van der Waals surface area contributed by atoms with Crippen LogP contribution < -0.4 is 0 Å². The number of carbonyl (C=O) groups excluding carboxylic acids is 2. The number of hydrogen-bond acceptors (Lipinski definition) is 5. The van der Waals surface area contributed by atoms with Gasteiger partial charge in [0.05, 0.1) is 11.6 Å². The molecule has 1 aliphatic heterocycles. The Bertz CT molecular complexity index is 1140. The van der Waals surface area contributed by atoms with Crippen LogP contribution in [-0.2, 0) is 16.1 Å². The Morgan fingerprint density at radius 3 is 2.40 bits per heavy atom. The molecule has 150 valence electrons. The summed E-state index contributed by atoms with van der Waals surface area (Å²) in [4.78, 5) is 31.1. The molecule has 1 aromatic heterocycles. The molecule has 1 aliphatic rings. The van der Waals surface area contributed by atoms with Crippen molar-refractivity contribution in [1.29, 1.82) is 0 Å². The number of ketones is 1. The first-order chi connectivity index (χ1) is 14.5. The highest BCUT2D eigenvalue weighted by Crippen LogP contribution is 2.40. The molecule has 2 heterocycles. The number of likely N-dealkylation sites (tertiary alicyclic amines) is 1. The molecule has 0 saturated carbocycles. The van der Waals surface area contributed by atoms with Gasteiger partial charge in [-0.3, -0.25) is 14.6 Å². The average molecular weight is 404 g/mol. The van der Waals surface area contributed by atoms with Crippen molar-refractivity contribution >= 4 is 17.4 Å². The summed E-state index contributed by atoms with van der Waals surface area (Å²) in [5.41, 5.74) is 1.31. The Kier molecular flexibility index (Phi) is 5.02. The molecule has 7 heteroatoms. The van der Waals surface area contributed by atoms with Gasteiger partial charge in [-0.05, 0) is 59.7 Å². The van der Waals surface area contributed by atoms with E-state index in [2.05, 4.69) is 4.98 Å². The van der Waals surface area contributed by atoms with E-state index in [9.17, 15) is 24.2 Å². The summed E-state index contributed by atoms with van der Waals surface area (Å²) in [7, 11) is 0. The first-order valence-corrected chi connectivity index (χ1v) is 9.18. The maximum absolute atomic E-state index is 13.3. The molecule has 1 amide bonds. The summed E-state index contributed by atoms with van der Waals surface area (Å²) in [5, 5.41) is 20.8. The van der Waals surface area contributed by atoms with Gasteiger partial charge in [-0.25, -0.2) is 4.39 Å². The first kappa shape index (κ1) is 19.3. The molecule has 0 spiro atoms. The molecular weight excluding hydrogens is 387 g/mol. The van der Waals surface area contributed by atoms with E-state index in [1.165, 1.54) is 29.2 Å². The van der Waals surface area contributed by atoms with Crippen LogP contribution in [0.3, 0.4) is 0 Å². The fourth-order valence-electron chi connectivity index (χ4n) is 3.53. The molecular formula is C23H17FN2O4. The van der Waals surface area contributed by atoms with Crippen molar-refractivity contribution in [2.75, 3.05) is 0 Å². The monoisotopic (exact) mass is 404 g/mol. The van der Waals surface area contributed by atoms with Crippen molar-refractivity contribution in [3.05, 3.63) is 101 Å². The van der Waals surface area contributed by atoms with Gasteiger partial charge in [0.25, 0.3) is 11.7 Å². The zero-order valence-electron chi connectivity index (χ0n) is 15.7. The lowest BCUT2D eigenvalue weighted by Crippen LogP contribution is -2.29. The second-order valence-electron chi connectivity index (χ2n) is 6.88. The molecule has 30 heavy (non-hydrogen) atoms. The molecule has 3 aromatic rings. The molecule has 4 rings (SSSR count). The maximum atomic E-state index is 13.3. The minimum atomic E-state index is -0.921. The van der Waals surface area contributed by atoms with Gasteiger partial charge in [-0.15, -0.1) is 0 Å². The number of aromatic nitrogens is 1. The SMILES string of the molecule is O=C1C(=O)N(Cc2ccncc2)C(c2cccc(O)c2)/C1=C(/O)c1ccc(F)cc1. The highest BCUT2D eigenvalue weighted by Gasteiger charge is 2.46. The van der Waals surface area contributed by atoms with Gasteiger partial charge in [0.15, 0.2) is 0 Å². The number of phenols is 1. The van der Waals surface area contributed by atoms with E-state index in [-0.39, 0.29) is 23.4 Å². The van der Waals surface area contributed by atoms with Crippen molar-refractivity contribution in [2.45, 2.75) is 12.6 Å². The zero-order chi connectivity index (χ0) is 21.3. The third-order valence-corrected chi connectivity index (χ3v) is 4.95. The minimum Gasteiger partial charge on any atom is -0.508 e. The Morgan fingerprint density at radius 1 is 1.03 bits per heavy atom. The number of carbonyl (C=O) groups is 2. The number of pyridine rings is 1. The zero-order valence-corrected chi connectivity index (χ0v) is 15.7. The normalized spacial score (nSPS) is 18.0. The number of hydrogen-bond donors (Lipinski definition) is 2. The summed E-state index contributed by atoms with van der Waals surface area (Å²) >= 11 is 0. The van der Waals surface area contributed by atoms with E-state index in [1.54, 1.807) is 36.7 Å². The number of benzene rings is 2. The molecule has 1 saturated heterocycles. The lowest BCUT2D eigenvalue weighted by atomic mass is 9.95. The van der Waals surface area contributed by atoms with Crippen molar-refractivity contribution < 1.29 is 24.2 Å². The standard InChI is InChI=1S/C23H17FN2O4/c24-17-6-4-15(5-7-17)21(28)19-20(16-2-1-3-18(27)12-16)26(23(30)22(19)29)13-14-8-10-25-11-9-14/h1-12,20,27-28H,13H2/b21-19-. The number of Topliss-reactive ketones (excluding diaryl/α,β-unsaturated/α-hetero) is 1. The molecule has 1 atom stereocenters. The number of aliphatic hydroxyl groups excluding tert-OH is 1. The van der Waals surface area contributed by atoms with Gasteiger partial charge in [0, 0.05) is 24.5 Å². The van der Waals surface area contributed by atoms with Gasteiger partial charge < -0.3 is 15.1 Å². The third kappa shape index (κ3) is 3.53. The number of halogens is 1. The Balaban J connectivity index is 1.87. The largest absolute Gasteiger partial charge is 0.508 e. The Morgan fingerprint density at radius 2 is 1.73 bits per heavy atom. The smallest absolute Gasteiger partial charge is 0.295 e. The minimum absolute atomic E-state index is 0.0382. The fourth-order valence-corrected chi connectivity index (χ4v) is 3.53. The quantitative estimate of drug-likeness (QED) is 0.394. The van der Waals surface area contributed by atoms with E-state index in [0.717, 1.165) is 17.7 Å². The van der Waals surface area contributed by atoms with Crippen molar-refractivity contribution in [3.8, 4) is 5.75 Å². The van der Waals surface area contributed by atoms with Gasteiger partial charge >= 0.3 is 0 Å². The highest BCUT2D eigenvalue weighted by atomic mass is 19.1. The lowest BCUT2D eigenvalue weighted by molar-refractivity contribution is -0.140. The molecule has 2 aromatic carbocycles. The number of amides is 1. The van der Waals surface area contributed by atoms with Gasteiger partial charge in [0.2, 0.25) is 0 Å². The van der Waals surface area contributed by atoms with Crippen molar-refractivity contribution in [3.63, 3.8) is 0 Å². The maximum Gasteiger partial charge on any atom is 0.295 e. The molecule has 1 unspecified atom stereocenters. The number of aromatic hydroxyl groups is 1. The topological polar surface area (TPSA) is 90.7 Å². The number of rotatable bonds is 4. The highest BCUT2D eigenvalue weighted by molar-refractivity contribution is 6.46. The summed E-state index contributed by atoms with van der Waals surface area (Å²) in [6.07, 6.45) is 3.15. The second-order valence-corrected chi connectivity index (χ2v) is 6.88. The van der Waals surface area contributed by atoms with Crippen LogP contribution in [0.15, 0.2) is 78.6 Å². The number of nitrogens with zero attached hydrogens (tertiary/aromatic N) is 2. The van der Waals surface area contributed by atoms with Crippen LogP contribution in [0, 0.1) is 5.82 Å². The Hall–Kier alpha value is -4.00. The van der Waals surface area contributed by atoms with Gasteiger partial charge in [0.1, 0.15) is 17.3 Å². The van der Waals surface area contributed by atoms with Crippen LogP contribution in [0.4, 0.5) is 4.39 Å². The molecule has 6 nitrogen and oxygen atoms in total.